The van der Waals surface area contributed by atoms with E-state index in [1.807, 2.05) is 45.0 Å². The van der Waals surface area contributed by atoms with Gasteiger partial charge in [0.15, 0.2) is 0 Å². The molecule has 0 heterocycles. The van der Waals surface area contributed by atoms with Crippen LogP contribution in [0.2, 0.25) is 0 Å². The monoisotopic (exact) mass is 264 g/mol. The highest BCUT2D eigenvalue weighted by molar-refractivity contribution is 5.73. The van der Waals surface area contributed by atoms with Gasteiger partial charge in [-0.2, -0.15) is 0 Å². The summed E-state index contributed by atoms with van der Waals surface area (Å²) in [4.78, 5) is 11.6. The van der Waals surface area contributed by atoms with E-state index in [0.29, 0.717) is 19.4 Å². The third-order valence-corrected chi connectivity index (χ3v) is 3.47. The fraction of sp³-hybridized carbons (Fsp3) is 0.533. The molecule has 1 aromatic carbocycles. The van der Waals surface area contributed by atoms with E-state index in [9.17, 15) is 9.90 Å². The molecule has 1 rings (SSSR count). The summed E-state index contributed by atoms with van der Waals surface area (Å²) in [5, 5.41) is 15.5. The Kier molecular flexibility index (Phi) is 5.83. The fourth-order valence-corrected chi connectivity index (χ4v) is 1.70. The van der Waals surface area contributed by atoms with Gasteiger partial charge in [-0.1, -0.05) is 43.7 Å². The zero-order valence-electron chi connectivity index (χ0n) is 12.0. The molecule has 0 aliphatic rings. The van der Waals surface area contributed by atoms with Gasteiger partial charge in [0.2, 0.25) is 0 Å². The number of hydrogen-bond donors (Lipinski definition) is 3. The second-order valence-electron chi connectivity index (χ2n) is 4.95. The highest BCUT2D eigenvalue weighted by atomic mass is 16.3. The van der Waals surface area contributed by atoms with E-state index >= 15 is 0 Å². The third kappa shape index (κ3) is 5.30. The Labute approximate surface area is 115 Å². The largest absolute Gasteiger partial charge is 0.388 e. The average molecular weight is 264 g/mol. The second-order valence-corrected chi connectivity index (χ2v) is 4.95. The van der Waals surface area contributed by atoms with Crippen LogP contribution in [0.15, 0.2) is 24.3 Å². The van der Waals surface area contributed by atoms with Crippen LogP contribution in [0.4, 0.5) is 4.79 Å². The molecule has 0 unspecified atom stereocenters. The molecule has 0 fully saturated rings. The molecule has 4 nitrogen and oxygen atoms in total. The van der Waals surface area contributed by atoms with E-state index in [1.54, 1.807) is 0 Å². The van der Waals surface area contributed by atoms with Gasteiger partial charge in [0, 0.05) is 13.1 Å². The van der Waals surface area contributed by atoms with Crippen molar-refractivity contribution in [2.75, 3.05) is 6.54 Å². The Morgan fingerprint density at radius 1 is 1.16 bits per heavy atom. The Hall–Kier alpha value is -1.55. The molecule has 4 heteroatoms. The zero-order valence-corrected chi connectivity index (χ0v) is 12.0. The van der Waals surface area contributed by atoms with Gasteiger partial charge < -0.3 is 15.7 Å². The molecule has 0 spiro atoms. The molecular weight excluding hydrogens is 240 g/mol. The highest BCUT2D eigenvalue weighted by Gasteiger charge is 2.22. The van der Waals surface area contributed by atoms with E-state index in [0.717, 1.165) is 5.56 Å². The summed E-state index contributed by atoms with van der Waals surface area (Å²) in [6.07, 6.45) is 1.25. The van der Waals surface area contributed by atoms with E-state index in [4.69, 9.17) is 0 Å². The number of amides is 2. The number of carbonyl (C=O) groups excluding carboxylic acids is 1. The molecule has 0 radical (unpaired) electrons. The summed E-state index contributed by atoms with van der Waals surface area (Å²) in [6.45, 7) is 6.62. The third-order valence-electron chi connectivity index (χ3n) is 3.47. The minimum atomic E-state index is -0.804. The van der Waals surface area contributed by atoms with Gasteiger partial charge in [0.25, 0.3) is 0 Å². The maximum absolute atomic E-state index is 11.6. The first-order valence-corrected chi connectivity index (χ1v) is 6.78. The van der Waals surface area contributed by atoms with Crippen LogP contribution >= 0.6 is 0 Å². The number of benzene rings is 1. The van der Waals surface area contributed by atoms with E-state index in [1.165, 1.54) is 5.56 Å². The molecule has 0 saturated heterocycles. The number of hydrogen-bond acceptors (Lipinski definition) is 2. The molecule has 0 atom stereocenters. The van der Waals surface area contributed by atoms with Crippen LogP contribution in [0.1, 0.15) is 37.8 Å². The molecule has 106 valence electrons. The van der Waals surface area contributed by atoms with Crippen molar-refractivity contribution in [2.45, 2.75) is 45.8 Å². The molecule has 0 aliphatic heterocycles. The van der Waals surface area contributed by atoms with Gasteiger partial charge in [-0.3, -0.25) is 0 Å². The number of rotatable bonds is 6. The Morgan fingerprint density at radius 3 is 2.26 bits per heavy atom. The van der Waals surface area contributed by atoms with Gasteiger partial charge in [-0.05, 0) is 25.3 Å². The number of aryl methyl sites for hydroxylation is 1. The summed E-state index contributed by atoms with van der Waals surface area (Å²) in [5.74, 6) is 0. The lowest BCUT2D eigenvalue weighted by molar-refractivity contribution is 0.0349. The SMILES string of the molecule is CCC(O)(CC)CNC(=O)NCc1ccc(C)cc1. The van der Waals surface area contributed by atoms with Crippen LogP contribution in [-0.2, 0) is 6.54 Å². The van der Waals surface area contributed by atoms with Crippen molar-refractivity contribution < 1.29 is 9.90 Å². The molecular formula is C15H24N2O2. The predicted molar refractivity (Wildman–Crippen MR) is 76.9 cm³/mol. The lowest BCUT2D eigenvalue weighted by atomic mass is 9.98. The summed E-state index contributed by atoms with van der Waals surface area (Å²) < 4.78 is 0. The molecule has 0 aliphatic carbocycles. The van der Waals surface area contributed by atoms with Crippen LogP contribution in [0.3, 0.4) is 0 Å². The lowest BCUT2D eigenvalue weighted by Crippen LogP contribution is -2.45. The molecule has 0 bridgehead atoms. The van der Waals surface area contributed by atoms with Gasteiger partial charge in [0.05, 0.1) is 5.60 Å². The first kappa shape index (κ1) is 15.5. The minimum absolute atomic E-state index is 0.249. The van der Waals surface area contributed by atoms with Crippen molar-refractivity contribution in [1.82, 2.24) is 10.6 Å². The highest BCUT2D eigenvalue weighted by Crippen LogP contribution is 2.12. The maximum atomic E-state index is 11.6. The quantitative estimate of drug-likeness (QED) is 0.738. The Morgan fingerprint density at radius 2 is 1.74 bits per heavy atom. The maximum Gasteiger partial charge on any atom is 0.315 e. The summed E-state index contributed by atoms with van der Waals surface area (Å²) >= 11 is 0. The van der Waals surface area contributed by atoms with Crippen molar-refractivity contribution in [1.29, 1.82) is 0 Å². The molecule has 1 aromatic rings. The summed E-state index contributed by atoms with van der Waals surface area (Å²) in [5.41, 5.74) is 1.45. The average Bonchev–Trinajstić information content (AvgIpc) is 2.44. The number of aliphatic hydroxyl groups is 1. The fourth-order valence-electron chi connectivity index (χ4n) is 1.70. The minimum Gasteiger partial charge on any atom is -0.388 e. The molecule has 3 N–H and O–H groups in total. The first-order valence-electron chi connectivity index (χ1n) is 6.78. The first-order chi connectivity index (χ1) is 8.99. The van der Waals surface area contributed by atoms with Crippen molar-refractivity contribution in [3.8, 4) is 0 Å². The van der Waals surface area contributed by atoms with Crippen LogP contribution in [0, 0.1) is 6.92 Å². The normalized spacial score (nSPS) is 11.2. The van der Waals surface area contributed by atoms with Crippen LogP contribution in [-0.4, -0.2) is 23.3 Å². The van der Waals surface area contributed by atoms with E-state index < -0.39 is 5.60 Å². The lowest BCUT2D eigenvalue weighted by Gasteiger charge is -2.25. The van der Waals surface area contributed by atoms with Gasteiger partial charge in [0.1, 0.15) is 0 Å². The van der Waals surface area contributed by atoms with Crippen molar-refractivity contribution in [3.63, 3.8) is 0 Å². The molecule has 0 aromatic heterocycles. The summed E-state index contributed by atoms with van der Waals surface area (Å²) in [7, 11) is 0. The van der Waals surface area contributed by atoms with Gasteiger partial charge in [-0.25, -0.2) is 4.79 Å². The number of nitrogens with one attached hydrogen (secondary N) is 2. The molecule has 0 saturated carbocycles. The van der Waals surface area contributed by atoms with E-state index in [2.05, 4.69) is 10.6 Å². The standard InChI is InChI=1S/C15H24N2O2/c1-4-15(19,5-2)11-17-14(18)16-10-13-8-6-12(3)7-9-13/h6-9,19H,4-5,10-11H2,1-3H3,(H2,16,17,18). The van der Waals surface area contributed by atoms with Gasteiger partial charge in [-0.15, -0.1) is 0 Å². The number of carbonyl (C=O) groups is 1. The predicted octanol–water partition coefficient (Wildman–Crippen LogP) is 2.35. The Bertz CT molecular complexity index is 397. The molecule has 2 amide bonds. The topological polar surface area (TPSA) is 61.4 Å². The van der Waals surface area contributed by atoms with Crippen LogP contribution in [0.25, 0.3) is 0 Å². The number of urea groups is 1. The van der Waals surface area contributed by atoms with Crippen molar-refractivity contribution in [3.05, 3.63) is 35.4 Å². The van der Waals surface area contributed by atoms with Crippen molar-refractivity contribution >= 4 is 6.03 Å². The molecule has 19 heavy (non-hydrogen) atoms. The smallest absolute Gasteiger partial charge is 0.315 e. The van der Waals surface area contributed by atoms with Crippen molar-refractivity contribution in [2.24, 2.45) is 0 Å². The Balaban J connectivity index is 2.34. The van der Waals surface area contributed by atoms with Gasteiger partial charge >= 0.3 is 6.03 Å². The van der Waals surface area contributed by atoms with Crippen LogP contribution in [0.5, 0.6) is 0 Å². The zero-order chi connectivity index (χ0) is 14.3. The second kappa shape index (κ2) is 7.14. The summed E-state index contributed by atoms with van der Waals surface area (Å²) in [6, 6.07) is 7.76. The van der Waals surface area contributed by atoms with E-state index in [-0.39, 0.29) is 12.6 Å². The van der Waals surface area contributed by atoms with Crippen LogP contribution < -0.4 is 10.6 Å².